The summed E-state index contributed by atoms with van der Waals surface area (Å²) in [4.78, 5) is 18.6. The molecule has 26 heavy (non-hydrogen) atoms. The van der Waals surface area contributed by atoms with Crippen LogP contribution >= 0.6 is 0 Å². The fourth-order valence-electron chi connectivity index (χ4n) is 3.02. The summed E-state index contributed by atoms with van der Waals surface area (Å²) in [5.74, 6) is -1.99. The highest BCUT2D eigenvalue weighted by Gasteiger charge is 2.25. The minimum atomic E-state index is -0.928. The Hall–Kier alpha value is -3.28. The van der Waals surface area contributed by atoms with Gasteiger partial charge in [0.25, 0.3) is 5.91 Å². The summed E-state index contributed by atoms with van der Waals surface area (Å²) in [5.41, 5.74) is 3.38. The third-order valence-corrected chi connectivity index (χ3v) is 4.32. The van der Waals surface area contributed by atoms with Crippen LogP contribution in [0.15, 0.2) is 60.8 Å². The van der Waals surface area contributed by atoms with E-state index in [1.54, 1.807) is 17.0 Å². The lowest BCUT2D eigenvalue weighted by molar-refractivity contribution is 0.0984. The molecule has 1 aliphatic heterocycles. The molecular weight excluding hydrogens is 336 g/mol. The van der Waals surface area contributed by atoms with E-state index in [0.717, 1.165) is 29.8 Å². The Kier molecular flexibility index (Phi) is 4.08. The average molecular weight is 351 g/mol. The van der Waals surface area contributed by atoms with Crippen LogP contribution in [0.5, 0.6) is 0 Å². The number of fused-ring (bicyclic) bond motifs is 1. The molecule has 4 rings (SSSR count). The van der Waals surface area contributed by atoms with Gasteiger partial charge in [-0.15, -0.1) is 0 Å². The molecular formula is C20H15F2N3O. The zero-order chi connectivity index (χ0) is 18.1. The van der Waals surface area contributed by atoms with E-state index in [4.69, 9.17) is 0 Å². The van der Waals surface area contributed by atoms with Crippen LogP contribution in [0.1, 0.15) is 16.1 Å². The number of carbonyl (C=O) groups is 1. The topological polar surface area (TPSA) is 45.2 Å². The van der Waals surface area contributed by atoms with Gasteiger partial charge in [-0.25, -0.2) is 13.8 Å². The second-order valence-electron chi connectivity index (χ2n) is 6.02. The summed E-state index contributed by atoms with van der Waals surface area (Å²) >= 11 is 0. The van der Waals surface area contributed by atoms with Gasteiger partial charge in [-0.2, -0.15) is 0 Å². The van der Waals surface area contributed by atoms with Crippen molar-refractivity contribution in [2.24, 2.45) is 0 Å². The molecule has 0 bridgehead atoms. The Labute approximate surface area is 149 Å². The largest absolute Gasteiger partial charge is 0.354 e. The lowest BCUT2D eigenvalue weighted by Gasteiger charge is -2.17. The number of nitrogens with one attached hydrogen (secondary N) is 1. The molecule has 0 saturated carbocycles. The second-order valence-corrected chi connectivity index (χ2v) is 6.02. The van der Waals surface area contributed by atoms with Crippen molar-refractivity contribution in [1.29, 1.82) is 0 Å². The molecule has 4 nitrogen and oxygen atoms in total. The van der Waals surface area contributed by atoms with E-state index in [0.29, 0.717) is 23.6 Å². The minimum absolute atomic E-state index is 0.158. The number of rotatable bonds is 3. The first-order valence-electron chi connectivity index (χ1n) is 8.20. The third kappa shape index (κ3) is 3.01. The van der Waals surface area contributed by atoms with E-state index in [1.807, 2.05) is 24.3 Å². The summed E-state index contributed by atoms with van der Waals surface area (Å²) < 4.78 is 26.2. The molecule has 0 unspecified atom stereocenters. The zero-order valence-corrected chi connectivity index (χ0v) is 13.7. The summed E-state index contributed by atoms with van der Waals surface area (Å²) in [6.45, 7) is 0.634. The molecule has 1 N–H and O–H groups in total. The quantitative estimate of drug-likeness (QED) is 0.765. The van der Waals surface area contributed by atoms with Gasteiger partial charge in [0.1, 0.15) is 5.69 Å². The van der Waals surface area contributed by atoms with Crippen molar-refractivity contribution >= 4 is 23.0 Å². The van der Waals surface area contributed by atoms with Gasteiger partial charge in [0.2, 0.25) is 0 Å². The molecule has 0 aliphatic carbocycles. The van der Waals surface area contributed by atoms with Crippen LogP contribution in [0.3, 0.4) is 0 Å². The first-order valence-corrected chi connectivity index (χ1v) is 8.20. The van der Waals surface area contributed by atoms with E-state index in [9.17, 15) is 13.6 Å². The number of pyridine rings is 1. The summed E-state index contributed by atoms with van der Waals surface area (Å²) in [7, 11) is 0. The first-order chi connectivity index (χ1) is 12.6. The predicted molar refractivity (Wildman–Crippen MR) is 95.7 cm³/mol. The molecule has 1 aliphatic rings. The molecule has 2 aromatic carbocycles. The van der Waals surface area contributed by atoms with Crippen LogP contribution in [-0.4, -0.2) is 17.4 Å². The number of hydrogen-bond acceptors (Lipinski definition) is 3. The van der Waals surface area contributed by atoms with E-state index in [-0.39, 0.29) is 5.91 Å². The van der Waals surface area contributed by atoms with Crippen LogP contribution in [0.25, 0.3) is 0 Å². The molecule has 0 atom stereocenters. The normalized spacial score (nSPS) is 12.8. The van der Waals surface area contributed by atoms with Crippen molar-refractivity contribution in [1.82, 2.24) is 4.98 Å². The van der Waals surface area contributed by atoms with Crippen LogP contribution in [0, 0.1) is 11.6 Å². The molecule has 2 heterocycles. The van der Waals surface area contributed by atoms with Gasteiger partial charge in [-0.05, 0) is 42.3 Å². The van der Waals surface area contributed by atoms with Crippen molar-refractivity contribution in [2.75, 3.05) is 16.8 Å². The van der Waals surface area contributed by atoms with Gasteiger partial charge < -0.3 is 10.2 Å². The van der Waals surface area contributed by atoms with E-state index < -0.39 is 11.6 Å². The number of carbonyl (C=O) groups excluding carboxylic acids is 1. The van der Waals surface area contributed by atoms with Crippen LogP contribution in [-0.2, 0) is 6.42 Å². The van der Waals surface area contributed by atoms with Crippen molar-refractivity contribution in [3.05, 3.63) is 83.7 Å². The average Bonchev–Trinajstić information content (AvgIpc) is 3.09. The monoisotopic (exact) mass is 351 g/mol. The Bertz CT molecular complexity index is 973. The molecule has 1 aromatic heterocycles. The predicted octanol–water partition coefficient (Wildman–Crippen LogP) is 4.31. The van der Waals surface area contributed by atoms with E-state index in [1.165, 1.54) is 12.3 Å². The number of amides is 1. The highest BCUT2D eigenvalue weighted by atomic mass is 19.2. The van der Waals surface area contributed by atoms with Crippen molar-refractivity contribution in [3.8, 4) is 0 Å². The molecule has 1 amide bonds. The number of para-hydroxylation sites is 1. The Morgan fingerprint density at radius 2 is 1.81 bits per heavy atom. The van der Waals surface area contributed by atoms with E-state index >= 15 is 0 Å². The fourth-order valence-corrected chi connectivity index (χ4v) is 3.02. The summed E-state index contributed by atoms with van der Waals surface area (Å²) in [5, 5.41) is 2.93. The van der Waals surface area contributed by atoms with Crippen LogP contribution in [0.2, 0.25) is 0 Å². The second kappa shape index (κ2) is 6.55. The number of hydrogen-bond donors (Lipinski definition) is 1. The van der Waals surface area contributed by atoms with Gasteiger partial charge in [0, 0.05) is 24.0 Å². The lowest BCUT2D eigenvalue weighted by atomic mass is 10.2. The number of halogens is 2. The van der Waals surface area contributed by atoms with Crippen molar-refractivity contribution in [3.63, 3.8) is 0 Å². The molecule has 0 spiro atoms. The first kappa shape index (κ1) is 16.2. The Morgan fingerprint density at radius 3 is 2.58 bits per heavy atom. The van der Waals surface area contributed by atoms with Crippen molar-refractivity contribution < 1.29 is 13.6 Å². The Morgan fingerprint density at radius 1 is 1.00 bits per heavy atom. The maximum absolute atomic E-state index is 13.3. The smallest absolute Gasteiger partial charge is 0.276 e. The van der Waals surface area contributed by atoms with Crippen LogP contribution in [0.4, 0.5) is 25.8 Å². The van der Waals surface area contributed by atoms with Crippen LogP contribution < -0.4 is 10.2 Å². The maximum Gasteiger partial charge on any atom is 0.276 e. The number of anilines is 3. The van der Waals surface area contributed by atoms with Gasteiger partial charge in [-0.1, -0.05) is 18.2 Å². The standard InChI is InChI=1S/C20H15F2N3O/c21-16-7-5-14(11-17(16)22)24-15-6-8-18(23-12-15)20(26)25-10-9-13-3-1-2-4-19(13)25/h1-8,11-12,24H,9-10H2. The molecule has 0 fully saturated rings. The molecule has 0 radical (unpaired) electrons. The molecule has 130 valence electrons. The number of aromatic nitrogens is 1. The lowest BCUT2D eigenvalue weighted by Crippen LogP contribution is -2.29. The Balaban J connectivity index is 1.51. The molecule has 0 saturated heterocycles. The molecule has 3 aromatic rings. The SMILES string of the molecule is O=C(c1ccc(Nc2ccc(F)c(F)c2)cn1)N1CCc2ccccc21. The van der Waals surface area contributed by atoms with Gasteiger partial charge in [-0.3, -0.25) is 4.79 Å². The third-order valence-electron chi connectivity index (χ3n) is 4.32. The minimum Gasteiger partial charge on any atom is -0.354 e. The molecule has 6 heteroatoms. The van der Waals surface area contributed by atoms with Gasteiger partial charge in [0.05, 0.1) is 11.9 Å². The highest BCUT2D eigenvalue weighted by molar-refractivity contribution is 6.06. The fraction of sp³-hybridized carbons (Fsp3) is 0.100. The zero-order valence-electron chi connectivity index (χ0n) is 13.7. The number of nitrogens with zero attached hydrogens (tertiary/aromatic N) is 2. The maximum atomic E-state index is 13.3. The van der Waals surface area contributed by atoms with Crippen molar-refractivity contribution in [2.45, 2.75) is 6.42 Å². The van der Waals surface area contributed by atoms with E-state index in [2.05, 4.69) is 10.3 Å². The highest BCUT2D eigenvalue weighted by Crippen LogP contribution is 2.28. The van der Waals surface area contributed by atoms with Gasteiger partial charge >= 0.3 is 0 Å². The van der Waals surface area contributed by atoms with Gasteiger partial charge in [0.15, 0.2) is 11.6 Å². The summed E-state index contributed by atoms with van der Waals surface area (Å²) in [6.07, 6.45) is 2.33. The number of benzene rings is 2. The summed E-state index contributed by atoms with van der Waals surface area (Å²) in [6, 6.07) is 14.7.